The second kappa shape index (κ2) is 7.40. The van der Waals surface area contributed by atoms with Gasteiger partial charge in [0, 0.05) is 10.7 Å². The van der Waals surface area contributed by atoms with Gasteiger partial charge in [0.1, 0.15) is 10.9 Å². The van der Waals surface area contributed by atoms with Crippen LogP contribution in [0.5, 0.6) is 5.75 Å². The summed E-state index contributed by atoms with van der Waals surface area (Å²) in [5, 5.41) is 2.45. The van der Waals surface area contributed by atoms with Gasteiger partial charge in [0.15, 0.2) is 6.61 Å². The van der Waals surface area contributed by atoms with Crippen LogP contribution in [0.4, 0.5) is 18.9 Å². The predicted octanol–water partition coefficient (Wildman–Crippen LogP) is 5.00. The molecule has 0 saturated heterocycles. The van der Waals surface area contributed by atoms with Crippen molar-refractivity contribution in [2.75, 3.05) is 11.9 Å². The van der Waals surface area contributed by atoms with Gasteiger partial charge in [-0.3, -0.25) is 4.79 Å². The maximum atomic E-state index is 12.4. The zero-order chi connectivity index (χ0) is 17.9. The fraction of sp³-hybridized carbons (Fsp3) is 0.200. The van der Waals surface area contributed by atoms with Crippen LogP contribution in [0.25, 0.3) is 0 Å². The van der Waals surface area contributed by atoms with Gasteiger partial charge in [-0.05, 0) is 46.6 Å². The van der Waals surface area contributed by atoms with Gasteiger partial charge < -0.3 is 10.1 Å². The zero-order valence-corrected chi connectivity index (χ0v) is 14.6. The number of aromatic nitrogens is 1. The van der Waals surface area contributed by atoms with Crippen molar-refractivity contribution in [3.05, 3.63) is 51.2 Å². The van der Waals surface area contributed by atoms with Crippen LogP contribution in [-0.2, 0) is 0 Å². The first-order chi connectivity index (χ1) is 11.2. The molecule has 1 aromatic heterocycles. The van der Waals surface area contributed by atoms with Crippen LogP contribution in [0.2, 0.25) is 5.15 Å². The van der Waals surface area contributed by atoms with Gasteiger partial charge in [0.2, 0.25) is 0 Å². The number of hydrogen-bond acceptors (Lipinski definition) is 3. The summed E-state index contributed by atoms with van der Waals surface area (Å²) in [6.07, 6.45) is -3.06. The average molecular weight is 424 g/mol. The number of alkyl halides is 3. The topological polar surface area (TPSA) is 51.2 Å². The Morgan fingerprint density at radius 1 is 1.38 bits per heavy atom. The Bertz CT molecular complexity index is 769. The number of halogens is 5. The van der Waals surface area contributed by atoms with E-state index >= 15 is 0 Å². The number of pyridine rings is 1. The smallest absolute Gasteiger partial charge is 0.422 e. The highest BCUT2D eigenvalue weighted by molar-refractivity contribution is 9.10. The number of hydrogen-bond donors (Lipinski definition) is 1. The maximum Gasteiger partial charge on any atom is 0.422 e. The normalized spacial score (nSPS) is 11.2. The molecule has 4 nitrogen and oxygen atoms in total. The minimum absolute atomic E-state index is 0.0272. The summed E-state index contributed by atoms with van der Waals surface area (Å²) < 4.78 is 42.4. The van der Waals surface area contributed by atoms with Crippen LogP contribution in [0.3, 0.4) is 0 Å². The number of anilines is 1. The highest BCUT2D eigenvalue weighted by Crippen LogP contribution is 2.29. The molecule has 128 valence electrons. The SMILES string of the molecule is Cc1ccc(NC(=O)c2cc(Br)cnc2Cl)c(OCC(F)(F)F)c1. The third-order valence-corrected chi connectivity index (χ3v) is 3.56. The van der Waals surface area contributed by atoms with Crippen LogP contribution >= 0.6 is 27.5 Å². The molecule has 0 fully saturated rings. The Hall–Kier alpha value is -1.80. The Morgan fingerprint density at radius 3 is 2.75 bits per heavy atom. The molecule has 9 heteroatoms. The van der Waals surface area contributed by atoms with Crippen molar-refractivity contribution in [1.82, 2.24) is 4.98 Å². The minimum atomic E-state index is -4.48. The van der Waals surface area contributed by atoms with Crippen molar-refractivity contribution in [3.63, 3.8) is 0 Å². The summed E-state index contributed by atoms with van der Waals surface area (Å²) >= 11 is 9.04. The lowest BCUT2D eigenvalue weighted by Gasteiger charge is -2.15. The molecule has 1 amide bonds. The standard InChI is InChI=1S/C15H11BrClF3N2O2/c1-8-2-3-11(12(4-8)24-7-15(18,19)20)22-14(23)10-5-9(16)6-21-13(10)17/h2-6H,7H2,1H3,(H,22,23). The van der Waals surface area contributed by atoms with E-state index in [1.807, 2.05) is 0 Å². The number of nitrogens with zero attached hydrogens (tertiary/aromatic N) is 1. The molecule has 0 atom stereocenters. The first kappa shape index (κ1) is 18.5. The quantitative estimate of drug-likeness (QED) is 0.704. The van der Waals surface area contributed by atoms with Crippen LogP contribution < -0.4 is 10.1 Å². The second-order valence-electron chi connectivity index (χ2n) is 4.85. The molecule has 0 saturated carbocycles. The molecule has 24 heavy (non-hydrogen) atoms. The van der Waals surface area contributed by atoms with Gasteiger partial charge in [-0.1, -0.05) is 17.7 Å². The zero-order valence-electron chi connectivity index (χ0n) is 12.2. The van der Waals surface area contributed by atoms with Crippen molar-refractivity contribution in [3.8, 4) is 5.75 Å². The molecule has 0 bridgehead atoms. The molecule has 2 rings (SSSR count). The molecule has 0 radical (unpaired) electrons. The summed E-state index contributed by atoms with van der Waals surface area (Å²) in [6, 6.07) is 5.95. The fourth-order valence-corrected chi connectivity index (χ4v) is 2.30. The number of carbonyl (C=O) groups is 1. The lowest BCUT2D eigenvalue weighted by atomic mass is 10.2. The largest absolute Gasteiger partial charge is 0.482 e. The number of aryl methyl sites for hydroxylation is 1. The third-order valence-electron chi connectivity index (χ3n) is 2.83. The van der Waals surface area contributed by atoms with Crippen LogP contribution in [0.1, 0.15) is 15.9 Å². The molecular weight excluding hydrogens is 413 g/mol. The van der Waals surface area contributed by atoms with Gasteiger partial charge in [-0.25, -0.2) is 4.98 Å². The van der Waals surface area contributed by atoms with E-state index in [4.69, 9.17) is 16.3 Å². The first-order valence-electron chi connectivity index (χ1n) is 6.58. The number of ether oxygens (including phenoxy) is 1. The van der Waals surface area contributed by atoms with Crippen molar-refractivity contribution in [1.29, 1.82) is 0 Å². The van der Waals surface area contributed by atoms with Crippen molar-refractivity contribution < 1.29 is 22.7 Å². The summed E-state index contributed by atoms with van der Waals surface area (Å²) in [5.74, 6) is -0.700. The Balaban J connectivity index is 2.25. The highest BCUT2D eigenvalue weighted by atomic mass is 79.9. The first-order valence-corrected chi connectivity index (χ1v) is 7.75. The van der Waals surface area contributed by atoms with Gasteiger partial charge in [0.05, 0.1) is 11.3 Å². The van der Waals surface area contributed by atoms with Crippen molar-refractivity contribution in [2.24, 2.45) is 0 Å². The monoisotopic (exact) mass is 422 g/mol. The molecule has 0 aliphatic rings. The number of amides is 1. The number of carbonyl (C=O) groups excluding carboxylic acids is 1. The van der Waals surface area contributed by atoms with E-state index in [2.05, 4.69) is 26.2 Å². The molecule has 0 unspecified atom stereocenters. The lowest BCUT2D eigenvalue weighted by Crippen LogP contribution is -2.20. The summed E-state index contributed by atoms with van der Waals surface area (Å²) in [4.78, 5) is 16.1. The van der Waals surface area contributed by atoms with E-state index in [9.17, 15) is 18.0 Å². The Labute approximate surface area is 149 Å². The van der Waals surface area contributed by atoms with Crippen molar-refractivity contribution >= 4 is 39.1 Å². The molecule has 0 aliphatic carbocycles. The molecule has 1 heterocycles. The molecular formula is C15H11BrClF3N2O2. The van der Waals surface area contributed by atoms with E-state index < -0.39 is 18.7 Å². The van der Waals surface area contributed by atoms with E-state index in [0.717, 1.165) is 0 Å². The van der Waals surface area contributed by atoms with E-state index in [-0.39, 0.29) is 22.2 Å². The third kappa shape index (κ3) is 5.10. The summed E-state index contributed by atoms with van der Waals surface area (Å²) in [6.45, 7) is 0.236. The van der Waals surface area contributed by atoms with E-state index in [1.165, 1.54) is 24.4 Å². The molecule has 2 aromatic rings. The predicted molar refractivity (Wildman–Crippen MR) is 87.6 cm³/mol. The maximum absolute atomic E-state index is 12.4. The van der Waals surface area contributed by atoms with Crippen LogP contribution in [0.15, 0.2) is 34.9 Å². The van der Waals surface area contributed by atoms with E-state index in [1.54, 1.807) is 13.0 Å². The molecule has 0 aliphatic heterocycles. The number of benzene rings is 1. The number of nitrogens with one attached hydrogen (secondary N) is 1. The van der Waals surface area contributed by atoms with Gasteiger partial charge >= 0.3 is 6.18 Å². The highest BCUT2D eigenvalue weighted by Gasteiger charge is 2.29. The van der Waals surface area contributed by atoms with Gasteiger partial charge in [-0.15, -0.1) is 0 Å². The molecule has 0 spiro atoms. The number of rotatable bonds is 4. The fourth-order valence-electron chi connectivity index (χ4n) is 1.78. The van der Waals surface area contributed by atoms with Gasteiger partial charge in [-0.2, -0.15) is 13.2 Å². The molecule has 1 aromatic carbocycles. The van der Waals surface area contributed by atoms with Crippen LogP contribution in [0, 0.1) is 6.92 Å². The Kier molecular flexibility index (Phi) is 5.71. The molecule has 1 N–H and O–H groups in total. The Morgan fingerprint density at radius 2 is 2.08 bits per heavy atom. The summed E-state index contributed by atoms with van der Waals surface area (Å²) in [5.41, 5.74) is 0.867. The lowest BCUT2D eigenvalue weighted by molar-refractivity contribution is -0.153. The van der Waals surface area contributed by atoms with Crippen molar-refractivity contribution in [2.45, 2.75) is 13.1 Å². The van der Waals surface area contributed by atoms with Gasteiger partial charge in [0.25, 0.3) is 5.91 Å². The average Bonchev–Trinajstić information content (AvgIpc) is 2.49. The van der Waals surface area contributed by atoms with Crippen LogP contribution in [-0.4, -0.2) is 23.7 Å². The van der Waals surface area contributed by atoms with E-state index in [0.29, 0.717) is 10.0 Å². The summed E-state index contributed by atoms with van der Waals surface area (Å²) in [7, 11) is 0. The second-order valence-corrected chi connectivity index (χ2v) is 6.12. The minimum Gasteiger partial charge on any atom is -0.482 e.